The van der Waals surface area contributed by atoms with Crippen molar-refractivity contribution in [2.45, 2.75) is 76.9 Å². The predicted octanol–water partition coefficient (Wildman–Crippen LogP) is 5.27. The highest BCUT2D eigenvalue weighted by molar-refractivity contribution is 7.11. The van der Waals surface area contributed by atoms with Crippen molar-refractivity contribution < 1.29 is 28.5 Å². The number of carbonyl (C=O) groups excluding carboxylic acids is 2. The molecule has 2 fully saturated rings. The lowest BCUT2D eigenvalue weighted by atomic mass is 9.75. The van der Waals surface area contributed by atoms with Gasteiger partial charge >= 0.3 is 5.97 Å². The molecular weight excluding hydrogens is 492 g/mol. The Balaban J connectivity index is 1.63. The van der Waals surface area contributed by atoms with E-state index in [9.17, 15) is 9.59 Å². The highest BCUT2D eigenvalue weighted by Crippen LogP contribution is 2.45. The van der Waals surface area contributed by atoms with Gasteiger partial charge in [-0.15, -0.1) is 11.3 Å². The standard InChI is InChI=1S/C28H38N2O6S/c1-18-29-16-21(37-18)17-36-28(32)22-12-8-9-13-30(22)27(31)25(19-10-6-5-7-11-19)20-14-23(33-2)26(35-4)24(15-20)34-3/h14-16,19,22,25H,5-13,17H2,1-4H3/t22-,25-/m0/s1. The van der Waals surface area contributed by atoms with Gasteiger partial charge in [-0.1, -0.05) is 19.3 Å². The molecule has 8 nitrogen and oxygen atoms in total. The summed E-state index contributed by atoms with van der Waals surface area (Å²) in [5, 5.41) is 0.932. The lowest BCUT2D eigenvalue weighted by Gasteiger charge is -2.39. The maximum atomic E-state index is 14.3. The van der Waals surface area contributed by atoms with E-state index in [0.717, 1.165) is 54.0 Å². The van der Waals surface area contributed by atoms with Crippen molar-refractivity contribution in [3.05, 3.63) is 33.8 Å². The second kappa shape index (κ2) is 12.6. The van der Waals surface area contributed by atoms with E-state index >= 15 is 0 Å². The topological polar surface area (TPSA) is 87.2 Å². The van der Waals surface area contributed by atoms with E-state index in [1.54, 1.807) is 32.4 Å². The van der Waals surface area contributed by atoms with Crippen molar-refractivity contribution in [1.29, 1.82) is 0 Å². The monoisotopic (exact) mass is 530 g/mol. The van der Waals surface area contributed by atoms with Crippen LogP contribution >= 0.6 is 11.3 Å². The molecule has 2 atom stereocenters. The number of esters is 1. The number of amides is 1. The largest absolute Gasteiger partial charge is 0.493 e. The number of aromatic nitrogens is 1. The lowest BCUT2D eigenvalue weighted by molar-refractivity contribution is -0.159. The fraction of sp³-hybridized carbons (Fsp3) is 0.607. The second-order valence-corrected chi connectivity index (χ2v) is 11.2. The normalized spacial score (nSPS) is 19.2. The van der Waals surface area contributed by atoms with Gasteiger partial charge in [0.25, 0.3) is 0 Å². The van der Waals surface area contributed by atoms with Crippen LogP contribution in [0.1, 0.15) is 72.7 Å². The first-order valence-electron chi connectivity index (χ1n) is 13.1. The van der Waals surface area contributed by atoms with Crippen LogP contribution < -0.4 is 14.2 Å². The molecule has 1 aromatic heterocycles. The van der Waals surface area contributed by atoms with Gasteiger partial charge in [0.15, 0.2) is 11.5 Å². The van der Waals surface area contributed by atoms with E-state index in [-0.39, 0.29) is 24.4 Å². The molecule has 2 aromatic rings. The summed E-state index contributed by atoms with van der Waals surface area (Å²) in [6.45, 7) is 2.65. The number of benzene rings is 1. The number of nitrogens with zero attached hydrogens (tertiary/aromatic N) is 2. The van der Waals surface area contributed by atoms with Gasteiger partial charge < -0.3 is 23.8 Å². The first kappa shape index (κ1) is 27.2. The van der Waals surface area contributed by atoms with E-state index in [2.05, 4.69) is 4.98 Å². The average molecular weight is 531 g/mol. The molecule has 0 unspecified atom stereocenters. The average Bonchev–Trinajstić information content (AvgIpc) is 3.36. The molecule has 1 saturated carbocycles. The van der Waals surface area contributed by atoms with Gasteiger partial charge in [0.2, 0.25) is 11.7 Å². The maximum Gasteiger partial charge on any atom is 0.329 e. The van der Waals surface area contributed by atoms with Crippen molar-refractivity contribution >= 4 is 23.2 Å². The second-order valence-electron chi connectivity index (χ2n) is 9.83. The Labute approximate surface area is 223 Å². The molecule has 4 rings (SSSR count). The third kappa shape index (κ3) is 6.20. The maximum absolute atomic E-state index is 14.3. The van der Waals surface area contributed by atoms with Crippen molar-refractivity contribution in [3.63, 3.8) is 0 Å². The van der Waals surface area contributed by atoms with Crippen LogP contribution in [0.5, 0.6) is 17.2 Å². The Bertz CT molecular complexity index is 1060. The van der Waals surface area contributed by atoms with Gasteiger partial charge in [0, 0.05) is 12.7 Å². The number of ether oxygens (including phenoxy) is 4. The molecule has 1 aliphatic carbocycles. The highest BCUT2D eigenvalue weighted by Gasteiger charge is 2.40. The lowest BCUT2D eigenvalue weighted by Crippen LogP contribution is -2.51. The van der Waals surface area contributed by atoms with E-state index in [1.165, 1.54) is 17.8 Å². The van der Waals surface area contributed by atoms with Crippen molar-refractivity contribution in [2.24, 2.45) is 5.92 Å². The summed E-state index contributed by atoms with van der Waals surface area (Å²) in [6.07, 6.45) is 9.43. The quantitative estimate of drug-likeness (QED) is 0.409. The molecule has 1 saturated heterocycles. The summed E-state index contributed by atoms with van der Waals surface area (Å²) in [7, 11) is 4.74. The molecule has 1 amide bonds. The zero-order chi connectivity index (χ0) is 26.4. The number of carbonyl (C=O) groups is 2. The number of methoxy groups -OCH3 is 3. The van der Waals surface area contributed by atoms with Gasteiger partial charge in [-0.3, -0.25) is 4.79 Å². The van der Waals surface area contributed by atoms with Crippen LogP contribution in [0.15, 0.2) is 18.3 Å². The van der Waals surface area contributed by atoms with Gasteiger partial charge in [-0.2, -0.15) is 0 Å². The van der Waals surface area contributed by atoms with Crippen molar-refractivity contribution in [2.75, 3.05) is 27.9 Å². The molecule has 0 spiro atoms. The van der Waals surface area contributed by atoms with Crippen molar-refractivity contribution in [3.8, 4) is 17.2 Å². The summed E-state index contributed by atoms with van der Waals surface area (Å²) in [4.78, 5) is 34.5. The van der Waals surface area contributed by atoms with Gasteiger partial charge in [-0.05, 0) is 62.6 Å². The minimum Gasteiger partial charge on any atom is -0.493 e. The van der Waals surface area contributed by atoms with Crippen LogP contribution in [0.4, 0.5) is 0 Å². The molecule has 0 N–H and O–H groups in total. The summed E-state index contributed by atoms with van der Waals surface area (Å²) >= 11 is 1.51. The van der Waals surface area contributed by atoms with E-state index in [0.29, 0.717) is 30.2 Å². The molecule has 0 radical (unpaired) electrons. The van der Waals surface area contributed by atoms with Crippen LogP contribution in [0.2, 0.25) is 0 Å². The van der Waals surface area contributed by atoms with Gasteiger partial charge in [0.05, 0.1) is 37.1 Å². The molecule has 202 valence electrons. The molecule has 37 heavy (non-hydrogen) atoms. The van der Waals surface area contributed by atoms with E-state index < -0.39 is 12.0 Å². The number of rotatable bonds is 9. The van der Waals surface area contributed by atoms with Crippen LogP contribution in [0.25, 0.3) is 0 Å². The number of thiazole rings is 1. The highest BCUT2D eigenvalue weighted by atomic mass is 32.1. The molecule has 1 aromatic carbocycles. The Kier molecular flexibility index (Phi) is 9.29. The first-order valence-corrected chi connectivity index (χ1v) is 14.0. The smallest absolute Gasteiger partial charge is 0.329 e. The SMILES string of the molecule is COc1cc([C@@H](C(=O)N2CCCC[C@H]2C(=O)OCc2cnc(C)s2)C2CCCCC2)cc(OC)c1OC. The van der Waals surface area contributed by atoms with Gasteiger partial charge in [-0.25, -0.2) is 9.78 Å². The number of aryl methyl sites for hydroxylation is 1. The summed E-state index contributed by atoms with van der Waals surface area (Å²) < 4.78 is 22.4. The number of likely N-dealkylation sites (tertiary alicyclic amines) is 1. The summed E-state index contributed by atoms with van der Waals surface area (Å²) in [5.41, 5.74) is 0.837. The number of hydrogen-bond acceptors (Lipinski definition) is 8. The number of hydrogen-bond donors (Lipinski definition) is 0. The van der Waals surface area contributed by atoms with E-state index in [4.69, 9.17) is 18.9 Å². The molecule has 2 aliphatic rings. The van der Waals surface area contributed by atoms with Crippen LogP contribution in [0.3, 0.4) is 0 Å². The van der Waals surface area contributed by atoms with Crippen LogP contribution in [0, 0.1) is 12.8 Å². The zero-order valence-electron chi connectivity index (χ0n) is 22.3. The fourth-order valence-corrected chi connectivity index (χ4v) is 6.40. The van der Waals surface area contributed by atoms with Crippen LogP contribution in [-0.2, 0) is 20.9 Å². The minimum absolute atomic E-state index is 0.0172. The Morgan fingerprint density at radius 1 is 1.00 bits per heavy atom. The third-order valence-corrected chi connectivity index (χ3v) is 8.40. The fourth-order valence-electron chi connectivity index (χ4n) is 5.69. The predicted molar refractivity (Wildman–Crippen MR) is 141 cm³/mol. The number of piperidine rings is 1. The first-order chi connectivity index (χ1) is 18.0. The molecule has 1 aliphatic heterocycles. The molecule has 0 bridgehead atoms. The molecule has 2 heterocycles. The Morgan fingerprint density at radius 2 is 1.68 bits per heavy atom. The Hall–Kier alpha value is -2.81. The molecular formula is C28H38N2O6S. The van der Waals surface area contributed by atoms with Crippen LogP contribution in [-0.4, -0.2) is 55.7 Å². The molecule has 9 heteroatoms. The zero-order valence-corrected chi connectivity index (χ0v) is 23.1. The van der Waals surface area contributed by atoms with Crippen molar-refractivity contribution in [1.82, 2.24) is 9.88 Å². The third-order valence-electron chi connectivity index (χ3n) is 7.52. The van der Waals surface area contributed by atoms with E-state index in [1.807, 2.05) is 19.1 Å². The minimum atomic E-state index is -0.580. The summed E-state index contributed by atoms with van der Waals surface area (Å²) in [6, 6.07) is 3.20. The van der Waals surface area contributed by atoms with Gasteiger partial charge in [0.1, 0.15) is 12.6 Å². The summed E-state index contributed by atoms with van der Waals surface area (Å²) in [5.74, 6) is 0.985. The Morgan fingerprint density at radius 3 is 2.27 bits per heavy atom.